The molecule has 1 saturated carbocycles. The largest absolute Gasteiger partial charge is 0.480 e. The predicted molar refractivity (Wildman–Crippen MR) is 68.4 cm³/mol. The standard InChI is InChI=1S/C13H17N3O3/c1-13(11(17)18,9-5-6-9)16-12(19)15-8-10-4-2-3-7-14-10/h2-4,7,9H,5-6,8H2,1H3,(H,17,18)(H2,15,16,19). The van der Waals surface area contributed by atoms with Gasteiger partial charge in [0.05, 0.1) is 12.2 Å². The number of amides is 2. The van der Waals surface area contributed by atoms with Crippen molar-refractivity contribution in [3.05, 3.63) is 30.1 Å². The van der Waals surface area contributed by atoms with Crippen LogP contribution >= 0.6 is 0 Å². The van der Waals surface area contributed by atoms with Crippen LogP contribution in [0, 0.1) is 5.92 Å². The van der Waals surface area contributed by atoms with Gasteiger partial charge in [-0.25, -0.2) is 9.59 Å². The molecule has 3 N–H and O–H groups in total. The van der Waals surface area contributed by atoms with Gasteiger partial charge in [-0.2, -0.15) is 0 Å². The van der Waals surface area contributed by atoms with E-state index in [-0.39, 0.29) is 12.5 Å². The van der Waals surface area contributed by atoms with E-state index in [1.807, 2.05) is 6.07 Å². The number of carbonyl (C=O) groups is 2. The van der Waals surface area contributed by atoms with Crippen LogP contribution in [0.15, 0.2) is 24.4 Å². The summed E-state index contributed by atoms with van der Waals surface area (Å²) in [4.78, 5) is 27.1. The number of pyridine rings is 1. The van der Waals surface area contributed by atoms with Gasteiger partial charge in [0.1, 0.15) is 5.54 Å². The molecule has 102 valence electrons. The Morgan fingerprint density at radius 2 is 2.21 bits per heavy atom. The highest BCUT2D eigenvalue weighted by Gasteiger charge is 2.48. The normalized spacial score (nSPS) is 17.3. The first-order valence-corrected chi connectivity index (χ1v) is 6.21. The summed E-state index contributed by atoms with van der Waals surface area (Å²) in [5.74, 6) is -0.978. The number of carboxylic acids is 1. The molecular formula is C13H17N3O3. The molecule has 2 amide bonds. The highest BCUT2D eigenvalue weighted by molar-refractivity contribution is 5.86. The molecule has 1 atom stereocenters. The van der Waals surface area contributed by atoms with Gasteiger partial charge < -0.3 is 15.7 Å². The lowest BCUT2D eigenvalue weighted by Crippen LogP contribution is -2.56. The average Bonchev–Trinajstić information content (AvgIpc) is 3.22. The van der Waals surface area contributed by atoms with E-state index in [4.69, 9.17) is 0 Å². The maximum atomic E-state index is 11.8. The van der Waals surface area contributed by atoms with Crippen molar-refractivity contribution < 1.29 is 14.7 Å². The molecular weight excluding hydrogens is 246 g/mol. The van der Waals surface area contributed by atoms with Gasteiger partial charge in [-0.3, -0.25) is 4.98 Å². The van der Waals surface area contributed by atoms with Gasteiger partial charge in [0.25, 0.3) is 0 Å². The van der Waals surface area contributed by atoms with Crippen LogP contribution in [0.2, 0.25) is 0 Å². The topological polar surface area (TPSA) is 91.3 Å². The number of carboxylic acid groups (broad SMARTS) is 1. The summed E-state index contributed by atoms with van der Waals surface area (Å²) < 4.78 is 0. The van der Waals surface area contributed by atoms with Crippen LogP contribution in [0.1, 0.15) is 25.5 Å². The molecule has 19 heavy (non-hydrogen) atoms. The molecule has 1 aromatic heterocycles. The maximum absolute atomic E-state index is 11.8. The number of hydrogen-bond donors (Lipinski definition) is 3. The summed E-state index contributed by atoms with van der Waals surface area (Å²) in [6, 6.07) is 4.92. The first kappa shape index (κ1) is 13.3. The summed E-state index contributed by atoms with van der Waals surface area (Å²) in [6.07, 6.45) is 3.31. The van der Waals surface area contributed by atoms with E-state index in [2.05, 4.69) is 15.6 Å². The molecule has 1 fully saturated rings. The second kappa shape index (κ2) is 5.26. The fraction of sp³-hybridized carbons (Fsp3) is 0.462. The lowest BCUT2D eigenvalue weighted by atomic mass is 9.96. The highest BCUT2D eigenvalue weighted by atomic mass is 16.4. The highest BCUT2D eigenvalue weighted by Crippen LogP contribution is 2.39. The van der Waals surface area contributed by atoms with E-state index in [0.29, 0.717) is 0 Å². The van der Waals surface area contributed by atoms with Gasteiger partial charge in [-0.1, -0.05) is 6.07 Å². The van der Waals surface area contributed by atoms with Crippen molar-refractivity contribution in [1.82, 2.24) is 15.6 Å². The second-order valence-corrected chi connectivity index (χ2v) is 4.91. The van der Waals surface area contributed by atoms with Gasteiger partial charge in [0.15, 0.2) is 0 Å². The van der Waals surface area contributed by atoms with E-state index >= 15 is 0 Å². The lowest BCUT2D eigenvalue weighted by Gasteiger charge is -2.26. The number of aliphatic carboxylic acids is 1. The molecule has 6 heteroatoms. The SMILES string of the molecule is CC(NC(=O)NCc1ccccn1)(C(=O)O)C1CC1. The van der Waals surface area contributed by atoms with Crippen molar-refractivity contribution in [2.24, 2.45) is 5.92 Å². The Balaban J connectivity index is 1.88. The second-order valence-electron chi connectivity index (χ2n) is 4.91. The maximum Gasteiger partial charge on any atom is 0.329 e. The quantitative estimate of drug-likeness (QED) is 0.742. The third-order valence-electron chi connectivity index (χ3n) is 3.37. The smallest absolute Gasteiger partial charge is 0.329 e. The molecule has 1 aliphatic carbocycles. The van der Waals surface area contributed by atoms with Crippen molar-refractivity contribution in [3.8, 4) is 0 Å². The van der Waals surface area contributed by atoms with Gasteiger partial charge >= 0.3 is 12.0 Å². The number of nitrogens with one attached hydrogen (secondary N) is 2. The van der Waals surface area contributed by atoms with Crippen molar-refractivity contribution in [2.75, 3.05) is 0 Å². The summed E-state index contributed by atoms with van der Waals surface area (Å²) in [6.45, 7) is 1.82. The number of urea groups is 1. The molecule has 0 saturated heterocycles. The zero-order valence-electron chi connectivity index (χ0n) is 10.7. The van der Waals surface area contributed by atoms with Crippen LogP contribution in [0.5, 0.6) is 0 Å². The van der Waals surface area contributed by atoms with Crippen LogP contribution in [0.25, 0.3) is 0 Å². The van der Waals surface area contributed by atoms with Crippen molar-refractivity contribution in [3.63, 3.8) is 0 Å². The molecule has 0 bridgehead atoms. The van der Waals surface area contributed by atoms with Gasteiger partial charge in [0.2, 0.25) is 0 Å². The Morgan fingerprint density at radius 1 is 1.47 bits per heavy atom. The van der Waals surface area contributed by atoms with Crippen LogP contribution in [-0.2, 0) is 11.3 Å². The van der Waals surface area contributed by atoms with Gasteiger partial charge in [0, 0.05) is 6.20 Å². The van der Waals surface area contributed by atoms with Crippen molar-refractivity contribution >= 4 is 12.0 Å². The zero-order chi connectivity index (χ0) is 13.9. The fourth-order valence-electron chi connectivity index (χ4n) is 1.94. The minimum absolute atomic E-state index is 0.0191. The summed E-state index contributed by atoms with van der Waals surface area (Å²) >= 11 is 0. The lowest BCUT2D eigenvalue weighted by molar-refractivity contribution is -0.144. The van der Waals surface area contributed by atoms with Gasteiger partial charge in [-0.05, 0) is 37.8 Å². The van der Waals surface area contributed by atoms with E-state index in [1.54, 1.807) is 25.3 Å². The van der Waals surface area contributed by atoms with E-state index in [9.17, 15) is 14.7 Å². The molecule has 0 aromatic carbocycles. The van der Waals surface area contributed by atoms with Crippen molar-refractivity contribution in [2.45, 2.75) is 31.8 Å². The summed E-state index contributed by atoms with van der Waals surface area (Å²) in [5.41, 5.74) is -0.463. The molecule has 0 spiro atoms. The summed E-state index contributed by atoms with van der Waals surface area (Å²) in [7, 11) is 0. The monoisotopic (exact) mass is 263 g/mol. The Kier molecular flexibility index (Phi) is 3.69. The Morgan fingerprint density at radius 3 is 2.74 bits per heavy atom. The first-order chi connectivity index (χ1) is 9.02. The fourth-order valence-corrected chi connectivity index (χ4v) is 1.94. The van der Waals surface area contributed by atoms with Crippen LogP contribution in [0.3, 0.4) is 0 Å². The third-order valence-corrected chi connectivity index (χ3v) is 3.37. The predicted octanol–water partition coefficient (Wildman–Crippen LogP) is 1.13. The Hall–Kier alpha value is -2.11. The molecule has 0 aliphatic heterocycles. The number of hydrogen-bond acceptors (Lipinski definition) is 3. The minimum Gasteiger partial charge on any atom is -0.480 e. The van der Waals surface area contributed by atoms with Crippen molar-refractivity contribution in [1.29, 1.82) is 0 Å². The summed E-state index contributed by atoms with van der Waals surface area (Å²) in [5, 5.41) is 14.4. The number of aromatic nitrogens is 1. The zero-order valence-corrected chi connectivity index (χ0v) is 10.7. The van der Waals surface area contributed by atoms with Crippen LogP contribution < -0.4 is 10.6 Å². The number of rotatable bonds is 5. The Bertz CT molecular complexity index is 473. The molecule has 6 nitrogen and oxygen atoms in total. The molecule has 0 radical (unpaired) electrons. The molecule has 1 aromatic rings. The third kappa shape index (κ3) is 3.21. The van der Waals surface area contributed by atoms with Crippen LogP contribution in [-0.4, -0.2) is 27.6 Å². The number of nitrogens with zero attached hydrogens (tertiary/aromatic N) is 1. The molecule has 1 heterocycles. The molecule has 1 aliphatic rings. The average molecular weight is 263 g/mol. The number of carbonyl (C=O) groups excluding carboxylic acids is 1. The van der Waals surface area contributed by atoms with Crippen LogP contribution in [0.4, 0.5) is 4.79 Å². The first-order valence-electron chi connectivity index (χ1n) is 6.21. The molecule has 1 unspecified atom stereocenters. The van der Waals surface area contributed by atoms with Gasteiger partial charge in [-0.15, -0.1) is 0 Å². The van der Waals surface area contributed by atoms with E-state index < -0.39 is 17.5 Å². The van der Waals surface area contributed by atoms with E-state index in [1.165, 1.54) is 0 Å². The minimum atomic E-state index is -1.19. The Labute approximate surface area is 111 Å². The van der Waals surface area contributed by atoms with E-state index in [0.717, 1.165) is 18.5 Å². The molecule has 2 rings (SSSR count).